The van der Waals surface area contributed by atoms with Crippen LogP contribution >= 0.6 is 0 Å². The van der Waals surface area contributed by atoms with Gasteiger partial charge >= 0.3 is 0 Å². The van der Waals surface area contributed by atoms with Gasteiger partial charge in [0.25, 0.3) is 11.8 Å². The minimum absolute atomic E-state index is 0. The molecule has 2 aromatic carbocycles. The van der Waals surface area contributed by atoms with Crippen LogP contribution in [0.3, 0.4) is 0 Å². The van der Waals surface area contributed by atoms with Crippen molar-refractivity contribution in [2.24, 2.45) is 17.6 Å². The summed E-state index contributed by atoms with van der Waals surface area (Å²) in [5.74, 6) is 11.7. The maximum absolute atomic E-state index is 12.3. The van der Waals surface area contributed by atoms with Gasteiger partial charge in [-0.2, -0.15) is 0 Å². The van der Waals surface area contributed by atoms with E-state index in [1.807, 2.05) is 24.3 Å². The molecule has 7 N–H and O–H groups in total. The van der Waals surface area contributed by atoms with Crippen LogP contribution in [0, 0.1) is 35.5 Å². The maximum atomic E-state index is 12.3. The molecule has 0 heterocycles. The fourth-order valence-corrected chi connectivity index (χ4v) is 5.02. The van der Waals surface area contributed by atoms with Crippen molar-refractivity contribution in [1.29, 1.82) is 0 Å². The van der Waals surface area contributed by atoms with Crippen molar-refractivity contribution >= 4 is 23.4 Å². The van der Waals surface area contributed by atoms with Crippen LogP contribution in [-0.4, -0.2) is 48.1 Å². The van der Waals surface area contributed by atoms with Gasteiger partial charge < -0.3 is 21.7 Å². The van der Waals surface area contributed by atoms with Crippen molar-refractivity contribution < 1.29 is 19.6 Å². The number of hydrogen-bond donors (Lipinski definition) is 6. The summed E-state index contributed by atoms with van der Waals surface area (Å²) in [6.45, 7) is 0.169. The molecule has 2 aromatic rings. The fourth-order valence-electron chi connectivity index (χ4n) is 5.02. The van der Waals surface area contributed by atoms with Crippen molar-refractivity contribution in [3.63, 3.8) is 0 Å². The van der Waals surface area contributed by atoms with Crippen LogP contribution < -0.4 is 27.2 Å². The summed E-state index contributed by atoms with van der Waals surface area (Å²) in [5, 5.41) is 17.5. The summed E-state index contributed by atoms with van der Waals surface area (Å²) in [4.78, 5) is 36.0. The Morgan fingerprint density at radius 2 is 1.59 bits per heavy atom. The van der Waals surface area contributed by atoms with Gasteiger partial charge in [-0.25, -0.2) is 5.48 Å². The zero-order valence-electron chi connectivity index (χ0n) is 20.9. The minimum Gasteiger partial charge on any atom is -0.339 e. The molecule has 0 saturated heterocycles. The zero-order valence-corrected chi connectivity index (χ0v) is 20.9. The summed E-state index contributed by atoms with van der Waals surface area (Å²) in [6, 6.07) is 13.2. The lowest BCUT2D eigenvalue weighted by atomic mass is 9.95. The van der Waals surface area contributed by atoms with Gasteiger partial charge in [0, 0.05) is 35.0 Å². The molecule has 0 spiro atoms. The largest absolute Gasteiger partial charge is 0.339 e. The molecule has 2 bridgehead atoms. The van der Waals surface area contributed by atoms with Gasteiger partial charge in [0.05, 0.1) is 6.54 Å². The lowest BCUT2D eigenvalue weighted by molar-refractivity contribution is -0.130. The molecule has 4 rings (SSSR count). The van der Waals surface area contributed by atoms with E-state index in [0.717, 1.165) is 23.1 Å². The van der Waals surface area contributed by atoms with E-state index < -0.39 is 17.9 Å². The standard InChI is InChI=1S/C29H31N5O4.CH4/c30-17-26(29(37)34-38)33-28(36)22-10-5-19(6-11-22)3-1-2-4-20-8-13-24(14-9-20)32-27(35)18-31-25-16-21-7-12-23(25)15-21;/h5-6,8-11,13-14,21,23,25-26,31,38H,7,12,15-18,30H2,(H,32,35)(H,33,36)(H,34,37);1H4/t21-,23+,25+,26-;/m0./s1. The molecule has 2 fully saturated rings. The highest BCUT2D eigenvalue weighted by molar-refractivity contribution is 5.97. The molecule has 2 aliphatic rings. The number of carbonyl (C=O) groups is 3. The Labute approximate surface area is 229 Å². The molecule has 2 saturated carbocycles. The molecule has 2 aliphatic carbocycles. The smallest absolute Gasteiger partial charge is 0.267 e. The first-order valence-electron chi connectivity index (χ1n) is 12.7. The normalized spacial score (nSPS) is 19.3. The van der Waals surface area contributed by atoms with Crippen LogP contribution in [0.25, 0.3) is 0 Å². The summed E-state index contributed by atoms with van der Waals surface area (Å²) in [6.07, 6.45) is 5.13. The van der Waals surface area contributed by atoms with Gasteiger partial charge in [-0.05, 0) is 91.5 Å². The van der Waals surface area contributed by atoms with Crippen LogP contribution in [0.15, 0.2) is 48.5 Å². The van der Waals surface area contributed by atoms with E-state index in [-0.39, 0.29) is 19.9 Å². The quantitative estimate of drug-likeness (QED) is 0.175. The first kappa shape index (κ1) is 29.4. The van der Waals surface area contributed by atoms with Crippen molar-refractivity contribution in [2.75, 3.05) is 18.4 Å². The molecule has 39 heavy (non-hydrogen) atoms. The molecule has 0 unspecified atom stereocenters. The van der Waals surface area contributed by atoms with E-state index in [1.165, 1.54) is 31.2 Å². The second kappa shape index (κ2) is 14.1. The summed E-state index contributed by atoms with van der Waals surface area (Å²) in [5.41, 5.74) is 9.38. The third kappa shape index (κ3) is 8.17. The van der Waals surface area contributed by atoms with Crippen molar-refractivity contribution in [2.45, 2.75) is 45.2 Å². The second-order valence-electron chi connectivity index (χ2n) is 9.60. The summed E-state index contributed by atoms with van der Waals surface area (Å²) in [7, 11) is 0. The van der Waals surface area contributed by atoms with Gasteiger partial charge in [0.15, 0.2) is 0 Å². The Kier molecular flexibility index (Phi) is 10.7. The molecule has 9 nitrogen and oxygen atoms in total. The van der Waals surface area contributed by atoms with E-state index in [9.17, 15) is 14.4 Å². The first-order valence-corrected chi connectivity index (χ1v) is 12.7. The maximum Gasteiger partial charge on any atom is 0.267 e. The topological polar surface area (TPSA) is 146 Å². The molecule has 0 radical (unpaired) electrons. The lowest BCUT2D eigenvalue weighted by Crippen LogP contribution is -2.50. The van der Waals surface area contributed by atoms with Crippen molar-refractivity contribution in [1.82, 2.24) is 16.1 Å². The monoisotopic (exact) mass is 529 g/mol. The molecule has 3 amide bonds. The number of nitrogens with one attached hydrogen (secondary N) is 4. The SMILES string of the molecule is C.NC[C@H](NC(=O)c1ccc(C#CC#Cc2ccc(NC(=O)CN[C@@H]3C[C@H]4CC[C@@H]3C4)cc2)cc1)C(=O)NO. The van der Waals surface area contributed by atoms with Crippen LogP contribution in [0.5, 0.6) is 0 Å². The summed E-state index contributed by atoms with van der Waals surface area (Å²) >= 11 is 0. The number of nitrogens with two attached hydrogens (primary N) is 1. The van der Waals surface area contributed by atoms with Gasteiger partial charge in [0.2, 0.25) is 5.91 Å². The van der Waals surface area contributed by atoms with Gasteiger partial charge in [-0.15, -0.1) is 0 Å². The Balaban J connectivity index is 0.00000420. The van der Waals surface area contributed by atoms with Gasteiger partial charge in [-0.3, -0.25) is 19.6 Å². The predicted octanol–water partition coefficient (Wildman–Crippen LogP) is 2.01. The number of hydroxylamine groups is 1. The van der Waals surface area contributed by atoms with Crippen molar-refractivity contribution in [3.05, 3.63) is 65.2 Å². The Bertz CT molecular complexity index is 1290. The van der Waals surface area contributed by atoms with E-state index in [0.29, 0.717) is 23.7 Å². The number of amides is 3. The third-order valence-corrected chi connectivity index (χ3v) is 7.02. The van der Waals surface area contributed by atoms with E-state index in [4.69, 9.17) is 10.9 Å². The Morgan fingerprint density at radius 3 is 2.13 bits per heavy atom. The number of fused-ring (bicyclic) bond motifs is 2. The Morgan fingerprint density at radius 1 is 0.949 bits per heavy atom. The average molecular weight is 530 g/mol. The average Bonchev–Trinajstić information content (AvgIpc) is 3.57. The third-order valence-electron chi connectivity index (χ3n) is 7.02. The van der Waals surface area contributed by atoms with Crippen LogP contribution in [-0.2, 0) is 9.59 Å². The van der Waals surface area contributed by atoms with Crippen LogP contribution in [0.4, 0.5) is 5.69 Å². The highest BCUT2D eigenvalue weighted by Crippen LogP contribution is 2.44. The number of rotatable bonds is 8. The molecular weight excluding hydrogens is 494 g/mol. The number of carbonyl (C=O) groups excluding carboxylic acids is 3. The Hall–Kier alpha value is -4.15. The molecule has 9 heteroatoms. The van der Waals surface area contributed by atoms with Gasteiger partial charge in [0.1, 0.15) is 6.04 Å². The van der Waals surface area contributed by atoms with E-state index in [1.54, 1.807) is 24.3 Å². The van der Waals surface area contributed by atoms with E-state index >= 15 is 0 Å². The molecule has 0 aromatic heterocycles. The molecular formula is C30H35N5O4. The lowest BCUT2D eigenvalue weighted by Gasteiger charge is -2.22. The van der Waals surface area contributed by atoms with E-state index in [2.05, 4.69) is 39.6 Å². The minimum atomic E-state index is -1.04. The predicted molar refractivity (Wildman–Crippen MR) is 149 cm³/mol. The van der Waals surface area contributed by atoms with Crippen LogP contribution in [0.1, 0.15) is 54.6 Å². The highest BCUT2D eigenvalue weighted by Gasteiger charge is 2.39. The highest BCUT2D eigenvalue weighted by atomic mass is 16.5. The molecule has 204 valence electrons. The number of hydrogen-bond acceptors (Lipinski definition) is 6. The molecule has 4 atom stereocenters. The number of benzene rings is 2. The number of anilines is 1. The second-order valence-corrected chi connectivity index (χ2v) is 9.60. The summed E-state index contributed by atoms with van der Waals surface area (Å²) < 4.78 is 0. The van der Waals surface area contributed by atoms with Crippen molar-refractivity contribution in [3.8, 4) is 23.7 Å². The fraction of sp³-hybridized carbons (Fsp3) is 0.367. The zero-order chi connectivity index (χ0) is 26.9. The molecule has 0 aliphatic heterocycles. The first-order chi connectivity index (χ1) is 18.4. The van der Waals surface area contributed by atoms with Crippen LogP contribution in [0.2, 0.25) is 0 Å². The van der Waals surface area contributed by atoms with Gasteiger partial charge in [-0.1, -0.05) is 25.7 Å².